The van der Waals surface area contributed by atoms with Crippen LogP contribution in [0.1, 0.15) is 35.7 Å². The van der Waals surface area contributed by atoms with Crippen molar-refractivity contribution in [3.8, 4) is 0 Å². The zero-order valence-corrected chi connectivity index (χ0v) is 17.3. The number of anilines is 1. The van der Waals surface area contributed by atoms with Crippen molar-refractivity contribution in [2.24, 2.45) is 0 Å². The van der Waals surface area contributed by atoms with E-state index in [1.807, 2.05) is 19.1 Å². The van der Waals surface area contributed by atoms with Crippen molar-refractivity contribution in [1.82, 2.24) is 10.2 Å². The SMILES string of the molecule is CC(=O)N1CCC(NC(=O)c2ccc(S(=O)(=O)Nc3ccccc3C)cc2)CC1. The Balaban J connectivity index is 1.63. The summed E-state index contributed by atoms with van der Waals surface area (Å²) < 4.78 is 27.8. The van der Waals surface area contributed by atoms with Gasteiger partial charge in [0, 0.05) is 31.6 Å². The van der Waals surface area contributed by atoms with E-state index in [0.29, 0.717) is 37.2 Å². The number of nitrogens with one attached hydrogen (secondary N) is 2. The zero-order valence-electron chi connectivity index (χ0n) is 16.5. The monoisotopic (exact) mass is 415 g/mol. The summed E-state index contributed by atoms with van der Waals surface area (Å²) in [5, 5.41) is 2.96. The summed E-state index contributed by atoms with van der Waals surface area (Å²) in [4.78, 5) is 25.7. The van der Waals surface area contributed by atoms with Crippen LogP contribution >= 0.6 is 0 Å². The van der Waals surface area contributed by atoms with Gasteiger partial charge in [-0.2, -0.15) is 0 Å². The molecule has 0 spiro atoms. The minimum absolute atomic E-state index is 0.00392. The summed E-state index contributed by atoms with van der Waals surface area (Å²) in [6.07, 6.45) is 1.41. The summed E-state index contributed by atoms with van der Waals surface area (Å²) in [5.41, 5.74) is 1.74. The van der Waals surface area contributed by atoms with Gasteiger partial charge < -0.3 is 10.2 Å². The molecule has 1 aliphatic heterocycles. The van der Waals surface area contributed by atoms with Crippen LogP contribution in [0.2, 0.25) is 0 Å². The highest BCUT2D eigenvalue weighted by Crippen LogP contribution is 2.20. The number of carbonyl (C=O) groups excluding carboxylic acids is 2. The summed E-state index contributed by atoms with van der Waals surface area (Å²) in [7, 11) is -3.74. The minimum atomic E-state index is -3.74. The molecule has 0 unspecified atom stereocenters. The van der Waals surface area contributed by atoms with Gasteiger partial charge in [-0.05, 0) is 55.7 Å². The fourth-order valence-electron chi connectivity index (χ4n) is 3.28. The smallest absolute Gasteiger partial charge is 0.261 e. The van der Waals surface area contributed by atoms with Crippen LogP contribution in [-0.2, 0) is 14.8 Å². The number of sulfonamides is 1. The molecular weight excluding hydrogens is 390 g/mol. The molecule has 0 bridgehead atoms. The molecule has 7 nitrogen and oxygen atoms in total. The third kappa shape index (κ3) is 5.14. The number of hydrogen-bond donors (Lipinski definition) is 2. The Bertz CT molecular complexity index is 995. The largest absolute Gasteiger partial charge is 0.349 e. The van der Waals surface area contributed by atoms with E-state index in [2.05, 4.69) is 10.0 Å². The predicted molar refractivity (Wildman–Crippen MR) is 111 cm³/mol. The molecule has 8 heteroatoms. The highest BCUT2D eigenvalue weighted by Gasteiger charge is 2.23. The molecule has 3 rings (SSSR count). The lowest BCUT2D eigenvalue weighted by atomic mass is 10.0. The van der Waals surface area contributed by atoms with Gasteiger partial charge in [0.2, 0.25) is 5.91 Å². The Morgan fingerprint density at radius 1 is 1.00 bits per heavy atom. The molecule has 154 valence electrons. The molecule has 2 aromatic rings. The van der Waals surface area contributed by atoms with Crippen LogP contribution in [-0.4, -0.2) is 44.3 Å². The van der Waals surface area contributed by atoms with E-state index < -0.39 is 10.0 Å². The number of carbonyl (C=O) groups is 2. The molecular formula is C21H25N3O4S. The number of benzene rings is 2. The Kier molecular flexibility index (Phi) is 6.22. The van der Waals surface area contributed by atoms with Gasteiger partial charge >= 0.3 is 0 Å². The first-order valence-corrected chi connectivity index (χ1v) is 11.0. The van der Waals surface area contributed by atoms with Crippen molar-refractivity contribution in [2.45, 2.75) is 37.6 Å². The maximum atomic E-state index is 12.6. The highest BCUT2D eigenvalue weighted by molar-refractivity contribution is 7.92. The van der Waals surface area contributed by atoms with E-state index in [1.54, 1.807) is 24.0 Å². The number of amides is 2. The molecule has 1 saturated heterocycles. The second-order valence-electron chi connectivity index (χ2n) is 7.20. The molecule has 0 aliphatic carbocycles. The number of aryl methyl sites for hydroxylation is 1. The second-order valence-corrected chi connectivity index (χ2v) is 8.88. The summed E-state index contributed by atoms with van der Waals surface area (Å²) in [6.45, 7) is 4.62. The average Bonchev–Trinajstić information content (AvgIpc) is 2.70. The lowest BCUT2D eigenvalue weighted by Crippen LogP contribution is -2.46. The molecule has 2 N–H and O–H groups in total. The van der Waals surface area contributed by atoms with Crippen LogP contribution in [0.15, 0.2) is 53.4 Å². The first kappa shape index (κ1) is 20.9. The normalized spacial score (nSPS) is 15.0. The van der Waals surface area contributed by atoms with Crippen molar-refractivity contribution in [1.29, 1.82) is 0 Å². The zero-order chi connectivity index (χ0) is 21.0. The van der Waals surface area contributed by atoms with E-state index in [1.165, 1.54) is 24.3 Å². The molecule has 0 atom stereocenters. The van der Waals surface area contributed by atoms with E-state index >= 15 is 0 Å². The van der Waals surface area contributed by atoms with Crippen molar-refractivity contribution in [3.63, 3.8) is 0 Å². The Hall–Kier alpha value is -2.87. The molecule has 2 amide bonds. The molecule has 0 radical (unpaired) electrons. The number of hydrogen-bond acceptors (Lipinski definition) is 4. The van der Waals surface area contributed by atoms with E-state index in [4.69, 9.17) is 0 Å². The van der Waals surface area contributed by atoms with E-state index in [-0.39, 0.29) is 22.8 Å². The van der Waals surface area contributed by atoms with E-state index in [0.717, 1.165) is 5.56 Å². The van der Waals surface area contributed by atoms with Gasteiger partial charge in [-0.1, -0.05) is 18.2 Å². The molecule has 1 heterocycles. The van der Waals surface area contributed by atoms with Crippen LogP contribution < -0.4 is 10.0 Å². The molecule has 1 fully saturated rings. The fourth-order valence-corrected chi connectivity index (χ4v) is 4.41. The Morgan fingerprint density at radius 3 is 2.21 bits per heavy atom. The number of para-hydroxylation sites is 1. The Labute approximate surface area is 171 Å². The summed E-state index contributed by atoms with van der Waals surface area (Å²) in [6, 6.07) is 13.0. The van der Waals surface area contributed by atoms with E-state index in [9.17, 15) is 18.0 Å². The number of rotatable bonds is 5. The third-order valence-electron chi connectivity index (χ3n) is 5.09. The predicted octanol–water partition coefficient (Wildman–Crippen LogP) is 2.54. The van der Waals surface area contributed by atoms with Gasteiger partial charge in [0.05, 0.1) is 10.6 Å². The minimum Gasteiger partial charge on any atom is -0.349 e. The second kappa shape index (κ2) is 8.65. The van der Waals surface area contributed by atoms with Gasteiger partial charge in [0.1, 0.15) is 0 Å². The summed E-state index contributed by atoms with van der Waals surface area (Å²) >= 11 is 0. The lowest BCUT2D eigenvalue weighted by molar-refractivity contribution is -0.129. The van der Waals surface area contributed by atoms with Gasteiger partial charge in [0.25, 0.3) is 15.9 Å². The Morgan fingerprint density at radius 2 is 1.62 bits per heavy atom. The lowest BCUT2D eigenvalue weighted by Gasteiger charge is -2.31. The first-order chi connectivity index (χ1) is 13.8. The van der Waals surface area contributed by atoms with Crippen molar-refractivity contribution < 1.29 is 18.0 Å². The van der Waals surface area contributed by atoms with Crippen LogP contribution in [0.4, 0.5) is 5.69 Å². The van der Waals surface area contributed by atoms with Crippen LogP contribution in [0, 0.1) is 6.92 Å². The highest BCUT2D eigenvalue weighted by atomic mass is 32.2. The maximum absolute atomic E-state index is 12.6. The van der Waals surface area contributed by atoms with Gasteiger partial charge in [-0.3, -0.25) is 14.3 Å². The standard InChI is InChI=1S/C21H25N3O4S/c1-15-5-3-4-6-20(15)23-29(27,28)19-9-7-17(8-10-19)21(26)22-18-11-13-24(14-12-18)16(2)25/h3-10,18,23H,11-14H2,1-2H3,(H,22,26). The fraction of sp³-hybridized carbons (Fsp3) is 0.333. The number of piperidine rings is 1. The van der Waals surface area contributed by atoms with Crippen LogP contribution in [0.5, 0.6) is 0 Å². The van der Waals surface area contributed by atoms with Crippen molar-refractivity contribution >= 4 is 27.5 Å². The van der Waals surface area contributed by atoms with Crippen LogP contribution in [0.25, 0.3) is 0 Å². The molecule has 2 aromatic carbocycles. The van der Waals surface area contributed by atoms with Gasteiger partial charge in [-0.25, -0.2) is 8.42 Å². The average molecular weight is 416 g/mol. The summed E-state index contributed by atoms with van der Waals surface area (Å²) in [5.74, 6) is -0.201. The van der Waals surface area contributed by atoms with Crippen molar-refractivity contribution in [2.75, 3.05) is 17.8 Å². The van der Waals surface area contributed by atoms with Crippen molar-refractivity contribution in [3.05, 3.63) is 59.7 Å². The first-order valence-electron chi connectivity index (χ1n) is 9.51. The van der Waals surface area contributed by atoms with Gasteiger partial charge in [0.15, 0.2) is 0 Å². The van der Waals surface area contributed by atoms with Crippen LogP contribution in [0.3, 0.4) is 0 Å². The molecule has 29 heavy (non-hydrogen) atoms. The maximum Gasteiger partial charge on any atom is 0.261 e. The number of likely N-dealkylation sites (tertiary alicyclic amines) is 1. The topological polar surface area (TPSA) is 95.6 Å². The van der Waals surface area contributed by atoms with Gasteiger partial charge in [-0.15, -0.1) is 0 Å². The molecule has 1 aliphatic rings. The third-order valence-corrected chi connectivity index (χ3v) is 6.47. The quantitative estimate of drug-likeness (QED) is 0.784. The number of nitrogens with zero attached hydrogens (tertiary/aromatic N) is 1. The molecule has 0 aromatic heterocycles. The molecule has 0 saturated carbocycles.